The number of ether oxygens (including phenoxy) is 4. The maximum absolute atomic E-state index is 13.7. The van der Waals surface area contributed by atoms with Crippen molar-refractivity contribution in [1.29, 1.82) is 0 Å². The summed E-state index contributed by atoms with van der Waals surface area (Å²) in [5.74, 6) is 1.03. The van der Waals surface area contributed by atoms with Crippen LogP contribution in [-0.2, 0) is 32.0 Å². The van der Waals surface area contributed by atoms with Crippen LogP contribution in [0.2, 0.25) is 0 Å². The molecule has 9 heteroatoms. The third-order valence-electron chi connectivity index (χ3n) is 9.61. The predicted octanol–water partition coefficient (Wildman–Crippen LogP) is 9.42. The van der Waals surface area contributed by atoms with Crippen molar-refractivity contribution in [2.45, 2.75) is 126 Å². The molecule has 3 aliphatic rings. The van der Waals surface area contributed by atoms with Gasteiger partial charge < -0.3 is 23.8 Å². The molecule has 1 aliphatic carbocycles. The molecular weight excluding hydrogens is 681 g/mol. The van der Waals surface area contributed by atoms with Gasteiger partial charge in [0, 0.05) is 63.2 Å². The number of nitrogens with zero attached hydrogens (tertiary/aromatic N) is 2. The molecule has 0 N–H and O–H groups in total. The second kappa shape index (κ2) is 23.3. The molecule has 302 valence electrons. The standard InChI is InChI=1S/C31H46N2O7.C10H12.2C2H6/c1-21(34)23-16-24(19-33(18-23)30(36)40-31(2,3)4)27(35)20-32(25-9-10-25)17-22-14-28-26(8-6-12-38-28)29(15-22)39-13-7-11-37-5;1-4-10-7-5-6-8(2)9(10)3;2*1-2/h14-15,23-25H,6-13,16-20H2,1-5H3;4-7H,1H2,2-3H3;2*1-2H3/t23-,24+;;;/m0.../s1. The fourth-order valence-electron chi connectivity index (χ4n) is 6.50. The molecule has 2 aliphatic heterocycles. The highest BCUT2D eigenvalue weighted by Gasteiger charge is 2.39. The third kappa shape index (κ3) is 14.9. The van der Waals surface area contributed by atoms with Gasteiger partial charge in [0.1, 0.15) is 22.9 Å². The minimum atomic E-state index is -0.645. The number of Topliss-reactive ketones (excluding diaryl/α,β-unsaturated/α-hetero) is 2. The van der Waals surface area contributed by atoms with E-state index in [1.165, 1.54) is 23.6 Å². The van der Waals surface area contributed by atoms with Crippen molar-refractivity contribution in [3.8, 4) is 11.5 Å². The highest BCUT2D eigenvalue weighted by atomic mass is 16.6. The zero-order chi connectivity index (χ0) is 40.4. The van der Waals surface area contributed by atoms with E-state index in [1.807, 2.05) is 54.5 Å². The van der Waals surface area contributed by atoms with Crippen LogP contribution in [0, 0.1) is 25.7 Å². The first-order valence-corrected chi connectivity index (χ1v) is 20.1. The van der Waals surface area contributed by atoms with E-state index in [1.54, 1.807) is 12.0 Å². The summed E-state index contributed by atoms with van der Waals surface area (Å²) in [6, 6.07) is 10.8. The lowest BCUT2D eigenvalue weighted by atomic mass is 9.84. The number of methoxy groups -OCH3 is 1. The SMILES string of the molecule is C=Cc1cccc(C)c1C.CC.CC.COCCCOc1cc(CN(CC(=O)[C@@H]2C[C@H](C(C)=O)CN(C(=O)OC(C)(C)C)C2)C2CC2)cc2c1CCCO2. The second-order valence-corrected chi connectivity index (χ2v) is 14.9. The molecule has 2 aromatic carbocycles. The first-order chi connectivity index (χ1) is 25.8. The number of amides is 1. The topological polar surface area (TPSA) is 94.6 Å². The molecule has 54 heavy (non-hydrogen) atoms. The molecule has 2 aromatic rings. The molecule has 0 bridgehead atoms. The van der Waals surface area contributed by atoms with E-state index in [-0.39, 0.29) is 30.6 Å². The van der Waals surface area contributed by atoms with Gasteiger partial charge in [-0.1, -0.05) is 58.5 Å². The summed E-state index contributed by atoms with van der Waals surface area (Å²) in [6.45, 7) is 26.3. The Morgan fingerprint density at radius 2 is 1.70 bits per heavy atom. The normalized spacial score (nSPS) is 17.5. The zero-order valence-electron chi connectivity index (χ0n) is 35.3. The molecule has 2 fully saturated rings. The summed E-state index contributed by atoms with van der Waals surface area (Å²) in [4.78, 5) is 42.6. The maximum Gasteiger partial charge on any atom is 0.410 e. The summed E-state index contributed by atoms with van der Waals surface area (Å²) in [6.07, 6.45) is 6.70. The van der Waals surface area contributed by atoms with Gasteiger partial charge in [-0.15, -0.1) is 0 Å². The van der Waals surface area contributed by atoms with Gasteiger partial charge in [-0.05, 0) is 108 Å². The average Bonchev–Trinajstić information content (AvgIpc) is 4.01. The van der Waals surface area contributed by atoms with Crippen LogP contribution in [0.1, 0.15) is 115 Å². The smallest absolute Gasteiger partial charge is 0.410 e. The average molecular weight is 751 g/mol. The van der Waals surface area contributed by atoms with E-state index in [4.69, 9.17) is 18.9 Å². The molecule has 1 saturated heterocycles. The van der Waals surface area contributed by atoms with Gasteiger partial charge in [-0.3, -0.25) is 14.5 Å². The highest BCUT2D eigenvalue weighted by Crippen LogP contribution is 2.37. The number of ketones is 2. The summed E-state index contributed by atoms with van der Waals surface area (Å²) in [5, 5.41) is 0. The lowest BCUT2D eigenvalue weighted by Gasteiger charge is -2.37. The fourth-order valence-corrected chi connectivity index (χ4v) is 6.50. The van der Waals surface area contributed by atoms with Gasteiger partial charge in [-0.2, -0.15) is 0 Å². The number of carbonyl (C=O) groups excluding carboxylic acids is 3. The molecule has 2 heterocycles. The molecule has 5 rings (SSSR count). The van der Waals surface area contributed by atoms with Crippen LogP contribution < -0.4 is 9.47 Å². The summed E-state index contributed by atoms with van der Waals surface area (Å²) in [5.41, 5.74) is 5.42. The van der Waals surface area contributed by atoms with Crippen LogP contribution in [-0.4, -0.2) is 85.7 Å². The Balaban J connectivity index is 0.000000612. The van der Waals surface area contributed by atoms with Crippen LogP contribution in [0.5, 0.6) is 11.5 Å². The number of likely N-dealkylation sites (tertiary alicyclic amines) is 1. The van der Waals surface area contributed by atoms with Crippen molar-refractivity contribution in [3.05, 3.63) is 64.7 Å². The summed E-state index contributed by atoms with van der Waals surface area (Å²) < 4.78 is 22.9. The van der Waals surface area contributed by atoms with Crippen LogP contribution in [0.25, 0.3) is 6.08 Å². The largest absolute Gasteiger partial charge is 0.493 e. The number of carbonyl (C=O) groups is 3. The molecule has 0 aromatic heterocycles. The quantitative estimate of drug-likeness (QED) is 0.187. The Kier molecular flexibility index (Phi) is 20.0. The van der Waals surface area contributed by atoms with Crippen LogP contribution >= 0.6 is 0 Å². The van der Waals surface area contributed by atoms with Crippen molar-refractivity contribution in [2.75, 3.05) is 46.6 Å². The number of benzene rings is 2. The van der Waals surface area contributed by atoms with Crippen molar-refractivity contribution in [2.24, 2.45) is 11.8 Å². The van der Waals surface area contributed by atoms with E-state index < -0.39 is 17.6 Å². The molecule has 2 atom stereocenters. The van der Waals surface area contributed by atoms with E-state index in [0.717, 1.165) is 54.7 Å². The Bertz CT molecular complexity index is 1490. The first kappa shape index (κ1) is 46.5. The Labute approximate surface area is 326 Å². The van der Waals surface area contributed by atoms with Crippen molar-refractivity contribution in [3.63, 3.8) is 0 Å². The number of aryl methyl sites for hydroxylation is 1. The van der Waals surface area contributed by atoms with E-state index >= 15 is 0 Å². The first-order valence-electron chi connectivity index (χ1n) is 20.1. The number of rotatable bonds is 13. The van der Waals surface area contributed by atoms with Crippen molar-refractivity contribution in [1.82, 2.24) is 9.80 Å². The maximum atomic E-state index is 13.7. The Hall–Kier alpha value is -3.69. The number of hydrogen-bond donors (Lipinski definition) is 0. The van der Waals surface area contributed by atoms with Gasteiger partial charge in [-0.25, -0.2) is 4.79 Å². The number of piperidine rings is 1. The van der Waals surface area contributed by atoms with Gasteiger partial charge in [0.25, 0.3) is 0 Å². The van der Waals surface area contributed by atoms with E-state index in [0.29, 0.717) is 45.4 Å². The predicted molar refractivity (Wildman–Crippen MR) is 219 cm³/mol. The van der Waals surface area contributed by atoms with Gasteiger partial charge >= 0.3 is 6.09 Å². The fraction of sp³-hybridized carbons (Fsp3) is 0.622. The molecule has 0 spiro atoms. The lowest BCUT2D eigenvalue weighted by Crippen LogP contribution is -2.50. The minimum Gasteiger partial charge on any atom is -0.493 e. The highest BCUT2D eigenvalue weighted by molar-refractivity contribution is 5.86. The second-order valence-electron chi connectivity index (χ2n) is 14.9. The summed E-state index contributed by atoms with van der Waals surface area (Å²) in [7, 11) is 1.69. The van der Waals surface area contributed by atoms with Gasteiger partial charge in [0.2, 0.25) is 0 Å². The Morgan fingerprint density at radius 1 is 1.02 bits per heavy atom. The minimum absolute atomic E-state index is 0.00260. The van der Waals surface area contributed by atoms with Crippen LogP contribution in [0.4, 0.5) is 4.79 Å². The van der Waals surface area contributed by atoms with Crippen LogP contribution in [0.3, 0.4) is 0 Å². The van der Waals surface area contributed by atoms with Crippen LogP contribution in [0.15, 0.2) is 36.9 Å². The number of hydrogen-bond acceptors (Lipinski definition) is 8. The van der Waals surface area contributed by atoms with Gasteiger partial charge in [0.05, 0.1) is 19.8 Å². The molecule has 1 saturated carbocycles. The number of fused-ring (bicyclic) bond motifs is 1. The molecule has 0 radical (unpaired) electrons. The zero-order valence-corrected chi connectivity index (χ0v) is 35.3. The molecule has 9 nitrogen and oxygen atoms in total. The van der Waals surface area contributed by atoms with Crippen molar-refractivity contribution < 1.29 is 33.3 Å². The summed E-state index contributed by atoms with van der Waals surface area (Å²) >= 11 is 0. The third-order valence-corrected chi connectivity index (χ3v) is 9.61. The molecule has 0 unspecified atom stereocenters. The van der Waals surface area contributed by atoms with E-state index in [2.05, 4.69) is 55.7 Å². The monoisotopic (exact) mass is 751 g/mol. The van der Waals surface area contributed by atoms with Gasteiger partial charge in [0.15, 0.2) is 5.78 Å². The molecular formula is C45H70N2O7. The Morgan fingerprint density at radius 3 is 2.30 bits per heavy atom. The molecule has 1 amide bonds. The van der Waals surface area contributed by atoms with E-state index in [9.17, 15) is 14.4 Å². The van der Waals surface area contributed by atoms with Crippen molar-refractivity contribution >= 4 is 23.7 Å². The lowest BCUT2D eigenvalue weighted by molar-refractivity contribution is -0.129.